The molecule has 0 unspecified atom stereocenters. The van der Waals surface area contributed by atoms with Crippen molar-refractivity contribution in [2.24, 2.45) is 16.6 Å². The third-order valence-electron chi connectivity index (χ3n) is 2.74. The molecule has 0 aromatic heterocycles. The van der Waals surface area contributed by atoms with E-state index in [1.807, 2.05) is 18.2 Å². The van der Waals surface area contributed by atoms with Crippen LogP contribution in [0.3, 0.4) is 0 Å². The highest BCUT2D eigenvalue weighted by atomic mass is 16.4. The second-order valence-electron chi connectivity index (χ2n) is 4.24. The third-order valence-corrected chi connectivity index (χ3v) is 2.74. The van der Waals surface area contributed by atoms with Crippen LogP contribution in [0.2, 0.25) is 0 Å². The van der Waals surface area contributed by atoms with Crippen LogP contribution < -0.4 is 16.8 Å². The van der Waals surface area contributed by atoms with Crippen LogP contribution in [0.5, 0.6) is 0 Å². The highest BCUT2D eigenvalue weighted by molar-refractivity contribution is 5.98. The van der Waals surface area contributed by atoms with Crippen LogP contribution in [-0.4, -0.2) is 23.5 Å². The first kappa shape index (κ1) is 15.0. The molecule has 0 radical (unpaired) electrons. The third kappa shape index (κ3) is 5.39. The summed E-state index contributed by atoms with van der Waals surface area (Å²) in [5, 5.41) is 15.0. The Morgan fingerprint density at radius 3 is 2.68 bits per heavy atom. The Morgan fingerprint density at radius 2 is 2.00 bits per heavy atom. The van der Waals surface area contributed by atoms with Gasteiger partial charge in [0.15, 0.2) is 5.84 Å². The van der Waals surface area contributed by atoms with Gasteiger partial charge in [0.2, 0.25) is 5.91 Å². The van der Waals surface area contributed by atoms with Crippen LogP contribution in [0.15, 0.2) is 29.4 Å². The van der Waals surface area contributed by atoms with Gasteiger partial charge in [0, 0.05) is 18.5 Å². The molecule has 1 aromatic carbocycles. The maximum atomic E-state index is 10.6. The SMILES string of the molecule is NC(=O)CCCCNCc1ccccc1/C(N)=N/O. The first-order chi connectivity index (χ1) is 9.15. The lowest BCUT2D eigenvalue weighted by Crippen LogP contribution is -2.20. The van der Waals surface area contributed by atoms with Crippen molar-refractivity contribution >= 4 is 11.7 Å². The van der Waals surface area contributed by atoms with Gasteiger partial charge in [-0.25, -0.2) is 0 Å². The minimum atomic E-state index is -0.266. The molecule has 0 saturated carbocycles. The molecular formula is C13H20N4O2. The molecule has 6 N–H and O–H groups in total. The number of amidine groups is 1. The molecule has 0 atom stereocenters. The van der Waals surface area contributed by atoms with E-state index in [0.717, 1.165) is 30.5 Å². The molecular weight excluding hydrogens is 244 g/mol. The summed E-state index contributed by atoms with van der Waals surface area (Å²) in [6.45, 7) is 1.42. The lowest BCUT2D eigenvalue weighted by atomic mass is 10.1. The van der Waals surface area contributed by atoms with Crippen LogP contribution in [0, 0.1) is 0 Å². The number of amides is 1. The van der Waals surface area contributed by atoms with Gasteiger partial charge in [0.25, 0.3) is 0 Å². The van der Waals surface area contributed by atoms with E-state index in [1.165, 1.54) is 0 Å². The quantitative estimate of drug-likeness (QED) is 0.180. The average molecular weight is 264 g/mol. The van der Waals surface area contributed by atoms with E-state index in [-0.39, 0.29) is 11.7 Å². The first-order valence-electron chi connectivity index (χ1n) is 6.20. The van der Waals surface area contributed by atoms with Crippen LogP contribution in [0.4, 0.5) is 0 Å². The zero-order valence-corrected chi connectivity index (χ0v) is 10.8. The summed E-state index contributed by atoms with van der Waals surface area (Å²) in [4.78, 5) is 10.6. The average Bonchev–Trinajstić information content (AvgIpc) is 2.42. The number of oxime groups is 1. The zero-order chi connectivity index (χ0) is 14.1. The Morgan fingerprint density at radius 1 is 1.26 bits per heavy atom. The second-order valence-corrected chi connectivity index (χ2v) is 4.24. The summed E-state index contributed by atoms with van der Waals surface area (Å²) >= 11 is 0. The topological polar surface area (TPSA) is 114 Å². The maximum Gasteiger partial charge on any atom is 0.217 e. The molecule has 1 amide bonds. The number of nitrogens with two attached hydrogens (primary N) is 2. The van der Waals surface area contributed by atoms with E-state index in [2.05, 4.69) is 10.5 Å². The van der Waals surface area contributed by atoms with Gasteiger partial charge in [-0.2, -0.15) is 0 Å². The number of nitrogens with one attached hydrogen (secondary N) is 1. The van der Waals surface area contributed by atoms with Crippen LogP contribution >= 0.6 is 0 Å². The minimum absolute atomic E-state index is 0.103. The van der Waals surface area contributed by atoms with E-state index >= 15 is 0 Å². The van der Waals surface area contributed by atoms with E-state index in [4.69, 9.17) is 16.7 Å². The Kier molecular flexibility index (Phi) is 6.38. The molecule has 0 aliphatic rings. The van der Waals surface area contributed by atoms with E-state index in [0.29, 0.717) is 13.0 Å². The first-order valence-corrected chi connectivity index (χ1v) is 6.20. The number of rotatable bonds is 8. The number of hydrogen-bond acceptors (Lipinski definition) is 4. The van der Waals surface area contributed by atoms with Gasteiger partial charge in [-0.05, 0) is 24.9 Å². The number of benzene rings is 1. The van der Waals surface area contributed by atoms with Crippen molar-refractivity contribution in [3.63, 3.8) is 0 Å². The van der Waals surface area contributed by atoms with Gasteiger partial charge in [0.1, 0.15) is 0 Å². The molecule has 0 aliphatic carbocycles. The van der Waals surface area contributed by atoms with E-state index in [9.17, 15) is 4.79 Å². The molecule has 19 heavy (non-hydrogen) atoms. The predicted octanol–water partition coefficient (Wildman–Crippen LogP) is 0.526. The molecule has 0 heterocycles. The van der Waals surface area contributed by atoms with Gasteiger partial charge >= 0.3 is 0 Å². The Labute approximate surface area is 112 Å². The summed E-state index contributed by atoms with van der Waals surface area (Å²) < 4.78 is 0. The van der Waals surface area contributed by atoms with Gasteiger partial charge < -0.3 is 22.0 Å². The number of carbonyl (C=O) groups excluding carboxylic acids is 1. The molecule has 6 heteroatoms. The van der Waals surface area contributed by atoms with Crippen molar-refractivity contribution in [2.45, 2.75) is 25.8 Å². The Hall–Kier alpha value is -2.08. The molecule has 0 saturated heterocycles. The standard InChI is InChI=1S/C13H20N4O2/c14-12(18)7-3-4-8-16-9-10-5-1-2-6-11(10)13(15)17-19/h1-2,5-6,16,19H,3-4,7-9H2,(H2,14,18)(H2,15,17). The molecule has 1 aromatic rings. The van der Waals surface area contributed by atoms with Gasteiger partial charge in [0.05, 0.1) is 0 Å². The maximum absolute atomic E-state index is 10.6. The van der Waals surface area contributed by atoms with Crippen LogP contribution in [-0.2, 0) is 11.3 Å². The lowest BCUT2D eigenvalue weighted by Gasteiger charge is -2.09. The summed E-state index contributed by atoms with van der Waals surface area (Å²) in [5.74, 6) is -0.164. The molecule has 6 nitrogen and oxygen atoms in total. The predicted molar refractivity (Wildman–Crippen MR) is 73.7 cm³/mol. The fraction of sp³-hybridized carbons (Fsp3) is 0.385. The summed E-state index contributed by atoms with van der Waals surface area (Å²) in [6, 6.07) is 7.46. The molecule has 104 valence electrons. The van der Waals surface area contributed by atoms with Crippen molar-refractivity contribution in [2.75, 3.05) is 6.54 Å². The minimum Gasteiger partial charge on any atom is -0.409 e. The highest BCUT2D eigenvalue weighted by Gasteiger charge is 2.05. The highest BCUT2D eigenvalue weighted by Crippen LogP contribution is 2.08. The smallest absolute Gasteiger partial charge is 0.217 e. The molecule has 0 aliphatic heterocycles. The number of hydrogen-bond donors (Lipinski definition) is 4. The summed E-state index contributed by atoms with van der Waals surface area (Å²) in [6.07, 6.45) is 2.08. The van der Waals surface area contributed by atoms with E-state index < -0.39 is 0 Å². The van der Waals surface area contributed by atoms with Gasteiger partial charge in [-0.3, -0.25) is 4.79 Å². The molecule has 1 rings (SSSR count). The summed E-state index contributed by atoms with van der Waals surface area (Å²) in [5.41, 5.74) is 12.3. The van der Waals surface area contributed by atoms with Crippen molar-refractivity contribution in [3.05, 3.63) is 35.4 Å². The zero-order valence-electron chi connectivity index (χ0n) is 10.8. The van der Waals surface area contributed by atoms with Gasteiger partial charge in [-0.1, -0.05) is 29.4 Å². The lowest BCUT2D eigenvalue weighted by molar-refractivity contribution is -0.118. The van der Waals surface area contributed by atoms with Crippen molar-refractivity contribution < 1.29 is 10.0 Å². The van der Waals surface area contributed by atoms with Crippen molar-refractivity contribution in [3.8, 4) is 0 Å². The summed E-state index contributed by atoms with van der Waals surface area (Å²) in [7, 11) is 0. The van der Waals surface area contributed by atoms with Crippen molar-refractivity contribution in [1.82, 2.24) is 5.32 Å². The molecule has 0 fully saturated rings. The van der Waals surface area contributed by atoms with E-state index in [1.54, 1.807) is 6.07 Å². The molecule has 0 bridgehead atoms. The normalized spacial score (nSPS) is 11.5. The fourth-order valence-corrected chi connectivity index (χ4v) is 1.75. The Balaban J connectivity index is 2.39. The number of unbranched alkanes of at least 4 members (excludes halogenated alkanes) is 1. The monoisotopic (exact) mass is 264 g/mol. The largest absolute Gasteiger partial charge is 0.409 e. The number of primary amides is 1. The second kappa shape index (κ2) is 8.10. The van der Waals surface area contributed by atoms with Crippen molar-refractivity contribution in [1.29, 1.82) is 0 Å². The number of nitrogens with zero attached hydrogens (tertiary/aromatic N) is 1. The number of carbonyl (C=O) groups is 1. The van der Waals surface area contributed by atoms with Crippen LogP contribution in [0.1, 0.15) is 30.4 Å². The molecule has 0 spiro atoms. The van der Waals surface area contributed by atoms with Gasteiger partial charge in [-0.15, -0.1) is 0 Å². The Bertz CT molecular complexity index is 446. The van der Waals surface area contributed by atoms with Crippen LogP contribution in [0.25, 0.3) is 0 Å². The fourth-order valence-electron chi connectivity index (χ4n) is 1.75.